The Morgan fingerprint density at radius 1 is 1.15 bits per heavy atom. The lowest BCUT2D eigenvalue weighted by Gasteiger charge is -2.18. The van der Waals surface area contributed by atoms with Gasteiger partial charge in [-0.25, -0.2) is 0 Å². The minimum atomic E-state index is 0.267. The molecule has 2 aromatic carbocycles. The van der Waals surface area contributed by atoms with Crippen LogP contribution in [0.2, 0.25) is 10.0 Å². The average molecular weight is 373 g/mol. The summed E-state index contributed by atoms with van der Waals surface area (Å²) in [6.07, 6.45) is 0.992. The van der Waals surface area contributed by atoms with Gasteiger partial charge in [0.1, 0.15) is 0 Å². The molecule has 0 heterocycles. The third-order valence-electron chi connectivity index (χ3n) is 3.21. The van der Waals surface area contributed by atoms with Gasteiger partial charge in [0, 0.05) is 27.1 Å². The molecule has 1 atom stereocenters. The van der Waals surface area contributed by atoms with Gasteiger partial charge in [-0.2, -0.15) is 0 Å². The zero-order valence-corrected chi connectivity index (χ0v) is 14.3. The number of nitrogens with one attached hydrogen (secondary N) is 1. The van der Waals surface area contributed by atoms with E-state index in [1.165, 1.54) is 5.56 Å². The van der Waals surface area contributed by atoms with Crippen LogP contribution in [0.5, 0.6) is 0 Å². The van der Waals surface area contributed by atoms with Crippen molar-refractivity contribution in [2.75, 3.05) is 0 Å². The van der Waals surface area contributed by atoms with E-state index in [2.05, 4.69) is 34.2 Å². The van der Waals surface area contributed by atoms with E-state index >= 15 is 0 Å². The average Bonchev–Trinajstić information content (AvgIpc) is 2.43. The van der Waals surface area contributed by atoms with Crippen molar-refractivity contribution in [3.8, 4) is 0 Å². The summed E-state index contributed by atoms with van der Waals surface area (Å²) in [4.78, 5) is 0. The van der Waals surface area contributed by atoms with Crippen molar-refractivity contribution in [1.82, 2.24) is 5.32 Å². The Morgan fingerprint density at radius 3 is 2.65 bits per heavy atom. The molecule has 20 heavy (non-hydrogen) atoms. The van der Waals surface area contributed by atoms with Crippen LogP contribution in [0.25, 0.3) is 0 Å². The van der Waals surface area contributed by atoms with E-state index in [0.717, 1.165) is 33.0 Å². The molecule has 106 valence electrons. The second-order valence-electron chi connectivity index (χ2n) is 4.63. The van der Waals surface area contributed by atoms with E-state index in [9.17, 15) is 0 Å². The van der Waals surface area contributed by atoms with Gasteiger partial charge in [-0.1, -0.05) is 58.2 Å². The highest BCUT2D eigenvalue weighted by atomic mass is 79.9. The van der Waals surface area contributed by atoms with E-state index in [1.54, 1.807) is 0 Å². The van der Waals surface area contributed by atoms with Gasteiger partial charge >= 0.3 is 0 Å². The molecule has 0 saturated heterocycles. The highest BCUT2D eigenvalue weighted by Gasteiger charge is 2.10. The van der Waals surface area contributed by atoms with Crippen molar-refractivity contribution < 1.29 is 0 Å². The summed E-state index contributed by atoms with van der Waals surface area (Å²) in [6, 6.07) is 14.1. The van der Waals surface area contributed by atoms with Crippen LogP contribution in [0, 0.1) is 0 Å². The van der Waals surface area contributed by atoms with Crippen LogP contribution in [0.15, 0.2) is 46.9 Å². The number of hydrogen-bond acceptors (Lipinski definition) is 1. The Labute approximate surface area is 138 Å². The highest BCUT2D eigenvalue weighted by Crippen LogP contribution is 2.24. The lowest BCUT2D eigenvalue weighted by Crippen LogP contribution is -2.20. The molecule has 1 nitrogen and oxygen atoms in total. The van der Waals surface area contributed by atoms with Crippen LogP contribution in [0.3, 0.4) is 0 Å². The molecule has 1 unspecified atom stereocenters. The third kappa shape index (κ3) is 4.23. The van der Waals surface area contributed by atoms with E-state index in [0.29, 0.717) is 0 Å². The SMILES string of the molecule is CCC(NCc1cc(Br)ccc1Cl)c1cccc(Cl)c1. The van der Waals surface area contributed by atoms with E-state index in [1.807, 2.05) is 36.4 Å². The summed E-state index contributed by atoms with van der Waals surface area (Å²) in [6.45, 7) is 2.88. The second kappa shape index (κ2) is 7.46. The molecular weight excluding hydrogens is 357 g/mol. The van der Waals surface area contributed by atoms with Gasteiger partial charge in [-0.15, -0.1) is 0 Å². The first-order chi connectivity index (χ1) is 9.60. The monoisotopic (exact) mass is 371 g/mol. The Kier molecular flexibility index (Phi) is 5.91. The molecule has 2 rings (SSSR count). The molecule has 4 heteroatoms. The van der Waals surface area contributed by atoms with Crippen LogP contribution < -0.4 is 5.32 Å². The van der Waals surface area contributed by atoms with Crippen molar-refractivity contribution in [3.63, 3.8) is 0 Å². The highest BCUT2D eigenvalue weighted by molar-refractivity contribution is 9.10. The fourth-order valence-electron chi connectivity index (χ4n) is 2.13. The predicted octanol–water partition coefficient (Wildman–Crippen LogP) is 6.00. The largest absolute Gasteiger partial charge is 0.306 e. The van der Waals surface area contributed by atoms with Gasteiger partial charge in [0.2, 0.25) is 0 Å². The fraction of sp³-hybridized carbons (Fsp3) is 0.250. The summed E-state index contributed by atoms with van der Waals surface area (Å²) >= 11 is 15.7. The molecule has 0 spiro atoms. The summed E-state index contributed by atoms with van der Waals surface area (Å²) in [5, 5.41) is 5.08. The number of hydrogen-bond donors (Lipinski definition) is 1. The minimum absolute atomic E-state index is 0.267. The molecule has 0 aliphatic carbocycles. The number of halogens is 3. The lowest BCUT2D eigenvalue weighted by atomic mass is 10.0. The second-order valence-corrected chi connectivity index (χ2v) is 6.39. The number of rotatable bonds is 5. The van der Waals surface area contributed by atoms with Crippen LogP contribution in [0.4, 0.5) is 0 Å². The van der Waals surface area contributed by atoms with Crippen LogP contribution in [-0.4, -0.2) is 0 Å². The maximum Gasteiger partial charge on any atom is 0.0451 e. The molecule has 1 N–H and O–H groups in total. The molecule has 0 amide bonds. The zero-order chi connectivity index (χ0) is 14.5. The van der Waals surface area contributed by atoms with Crippen molar-refractivity contribution in [2.24, 2.45) is 0 Å². The quantitative estimate of drug-likeness (QED) is 0.678. The van der Waals surface area contributed by atoms with Crippen molar-refractivity contribution >= 4 is 39.1 Å². The summed E-state index contributed by atoms with van der Waals surface area (Å²) in [5.74, 6) is 0. The first kappa shape index (κ1) is 15.8. The summed E-state index contributed by atoms with van der Waals surface area (Å²) in [7, 11) is 0. The zero-order valence-electron chi connectivity index (χ0n) is 11.2. The standard InChI is InChI=1S/C16H16BrCl2N/c1-2-16(11-4-3-5-14(18)9-11)20-10-12-8-13(17)6-7-15(12)19/h3-9,16,20H,2,10H2,1H3. The molecule has 0 aromatic heterocycles. The Bertz CT molecular complexity index is 586. The minimum Gasteiger partial charge on any atom is -0.306 e. The van der Waals surface area contributed by atoms with E-state index in [-0.39, 0.29) is 6.04 Å². The molecule has 0 radical (unpaired) electrons. The van der Waals surface area contributed by atoms with Crippen LogP contribution >= 0.6 is 39.1 Å². The van der Waals surface area contributed by atoms with Crippen molar-refractivity contribution in [2.45, 2.75) is 25.9 Å². The molecule has 0 bridgehead atoms. The topological polar surface area (TPSA) is 12.0 Å². The van der Waals surface area contributed by atoms with E-state index in [4.69, 9.17) is 23.2 Å². The molecule has 0 saturated carbocycles. The fourth-order valence-corrected chi connectivity index (χ4v) is 2.92. The Hall–Kier alpha value is -0.540. The molecule has 0 fully saturated rings. The Balaban J connectivity index is 2.09. The molecular formula is C16H16BrCl2N. The van der Waals surface area contributed by atoms with Crippen molar-refractivity contribution in [3.05, 3.63) is 68.1 Å². The van der Waals surface area contributed by atoms with Gasteiger partial charge in [0.25, 0.3) is 0 Å². The normalized spacial score (nSPS) is 12.4. The van der Waals surface area contributed by atoms with E-state index < -0.39 is 0 Å². The van der Waals surface area contributed by atoms with Gasteiger partial charge in [-0.05, 0) is 47.9 Å². The lowest BCUT2D eigenvalue weighted by molar-refractivity contribution is 0.519. The first-order valence-corrected chi connectivity index (χ1v) is 8.08. The van der Waals surface area contributed by atoms with Crippen LogP contribution in [0.1, 0.15) is 30.5 Å². The van der Waals surface area contributed by atoms with Gasteiger partial charge in [0.05, 0.1) is 0 Å². The first-order valence-electron chi connectivity index (χ1n) is 6.53. The maximum absolute atomic E-state index is 6.21. The van der Waals surface area contributed by atoms with Crippen molar-refractivity contribution in [1.29, 1.82) is 0 Å². The molecule has 0 aliphatic heterocycles. The van der Waals surface area contributed by atoms with Gasteiger partial charge in [0.15, 0.2) is 0 Å². The van der Waals surface area contributed by atoms with Gasteiger partial charge < -0.3 is 5.32 Å². The molecule has 0 aliphatic rings. The molecule has 2 aromatic rings. The maximum atomic E-state index is 6.21. The predicted molar refractivity (Wildman–Crippen MR) is 90.5 cm³/mol. The Morgan fingerprint density at radius 2 is 1.95 bits per heavy atom. The summed E-state index contributed by atoms with van der Waals surface area (Å²) in [5.41, 5.74) is 2.28. The smallest absolute Gasteiger partial charge is 0.0451 e. The summed E-state index contributed by atoms with van der Waals surface area (Å²) < 4.78 is 1.04. The van der Waals surface area contributed by atoms with Gasteiger partial charge in [-0.3, -0.25) is 0 Å². The number of benzene rings is 2. The van der Waals surface area contributed by atoms with Crippen LogP contribution in [-0.2, 0) is 6.54 Å². The third-order valence-corrected chi connectivity index (χ3v) is 4.30.